The molecule has 30 heavy (non-hydrogen) atoms. The number of amides is 2. The maximum atomic E-state index is 12.4. The van der Waals surface area contributed by atoms with Gasteiger partial charge in [0.15, 0.2) is 5.13 Å². The van der Waals surface area contributed by atoms with E-state index < -0.39 is 0 Å². The molecule has 0 spiro atoms. The van der Waals surface area contributed by atoms with Gasteiger partial charge >= 0.3 is 0 Å². The largest absolute Gasteiger partial charge is 0.372 e. The van der Waals surface area contributed by atoms with E-state index in [4.69, 9.17) is 0 Å². The summed E-state index contributed by atoms with van der Waals surface area (Å²) in [5, 5.41) is 6.18. The van der Waals surface area contributed by atoms with Gasteiger partial charge in [-0.25, -0.2) is 4.98 Å². The van der Waals surface area contributed by atoms with E-state index in [0.717, 1.165) is 29.2 Å². The van der Waals surface area contributed by atoms with Crippen molar-refractivity contribution in [1.82, 2.24) is 9.97 Å². The minimum atomic E-state index is -0.161. The number of thiazole rings is 1. The molecule has 2 amide bonds. The van der Waals surface area contributed by atoms with Gasteiger partial charge in [0, 0.05) is 47.9 Å². The van der Waals surface area contributed by atoms with E-state index in [1.165, 1.54) is 29.9 Å². The Morgan fingerprint density at radius 3 is 2.47 bits per heavy atom. The predicted molar refractivity (Wildman–Crippen MR) is 119 cm³/mol. The highest BCUT2D eigenvalue weighted by atomic mass is 32.1. The van der Waals surface area contributed by atoms with Crippen molar-refractivity contribution in [2.75, 3.05) is 28.6 Å². The molecule has 1 aromatic carbocycles. The molecule has 0 atom stereocenters. The number of nitrogens with zero attached hydrogens (tertiary/aromatic N) is 3. The summed E-state index contributed by atoms with van der Waals surface area (Å²) >= 11 is 1.30. The number of rotatable bonds is 7. The number of hydrogen-bond acceptors (Lipinski definition) is 6. The number of carbonyl (C=O) groups is 2. The normalized spacial score (nSPS) is 13.3. The minimum absolute atomic E-state index is 0.110. The number of anilines is 3. The van der Waals surface area contributed by atoms with Crippen molar-refractivity contribution in [3.05, 3.63) is 65.4 Å². The van der Waals surface area contributed by atoms with Crippen molar-refractivity contribution in [3.63, 3.8) is 0 Å². The predicted octanol–water partition coefficient (Wildman–Crippen LogP) is 3.50. The van der Waals surface area contributed by atoms with Crippen molar-refractivity contribution >= 4 is 39.7 Å². The molecule has 7 nitrogen and oxygen atoms in total. The molecule has 3 aromatic rings. The molecule has 0 radical (unpaired) electrons. The fraction of sp³-hybridized carbons (Fsp3) is 0.273. The third kappa shape index (κ3) is 5.42. The lowest BCUT2D eigenvalue weighted by molar-refractivity contribution is -0.116. The average Bonchev–Trinajstić information content (AvgIpc) is 3.42. The lowest BCUT2D eigenvalue weighted by Crippen LogP contribution is -2.17. The second-order valence-electron chi connectivity index (χ2n) is 7.18. The molecular weight excluding hydrogens is 398 g/mol. The zero-order chi connectivity index (χ0) is 20.8. The summed E-state index contributed by atoms with van der Waals surface area (Å²) in [6.45, 7) is 2.19. The number of benzene rings is 1. The Kier molecular flexibility index (Phi) is 6.34. The Morgan fingerprint density at radius 1 is 0.967 bits per heavy atom. The van der Waals surface area contributed by atoms with Crippen molar-refractivity contribution in [1.29, 1.82) is 0 Å². The summed E-state index contributed by atoms with van der Waals surface area (Å²) < 4.78 is 0. The van der Waals surface area contributed by atoms with Crippen molar-refractivity contribution in [2.24, 2.45) is 0 Å². The van der Waals surface area contributed by atoms with E-state index in [1.807, 2.05) is 30.3 Å². The van der Waals surface area contributed by atoms with Crippen LogP contribution in [-0.4, -0.2) is 34.9 Å². The first-order valence-corrected chi connectivity index (χ1v) is 10.8. The van der Waals surface area contributed by atoms with Crippen LogP contribution in [0.2, 0.25) is 0 Å². The molecule has 2 N–H and O–H groups in total. The van der Waals surface area contributed by atoms with Gasteiger partial charge in [0.25, 0.3) is 0 Å². The van der Waals surface area contributed by atoms with Crippen LogP contribution >= 0.6 is 11.3 Å². The van der Waals surface area contributed by atoms with Gasteiger partial charge in [-0.15, -0.1) is 11.3 Å². The van der Waals surface area contributed by atoms with E-state index in [9.17, 15) is 9.59 Å². The monoisotopic (exact) mass is 421 g/mol. The third-order valence-corrected chi connectivity index (χ3v) is 5.76. The third-order valence-electron chi connectivity index (χ3n) is 4.84. The van der Waals surface area contributed by atoms with Gasteiger partial charge in [0.2, 0.25) is 11.8 Å². The van der Waals surface area contributed by atoms with E-state index >= 15 is 0 Å². The topological polar surface area (TPSA) is 87.2 Å². The summed E-state index contributed by atoms with van der Waals surface area (Å²) in [5.41, 5.74) is 2.80. The number of aromatic nitrogens is 2. The number of pyridine rings is 1. The van der Waals surface area contributed by atoms with Gasteiger partial charge in [0.05, 0.1) is 12.8 Å². The molecule has 0 aliphatic carbocycles. The standard InChI is InChI=1S/C22H23N5O2S/c28-20(12-16-4-3-9-23-14-16)26-22-24-15-19(30-22)13-21(29)25-17-5-7-18(8-6-17)27-10-1-2-11-27/h3-9,14-15H,1-2,10-13H2,(H,25,29)(H,24,26,28). The van der Waals surface area contributed by atoms with Gasteiger partial charge < -0.3 is 15.5 Å². The minimum Gasteiger partial charge on any atom is -0.372 e. The number of hydrogen-bond donors (Lipinski definition) is 2. The summed E-state index contributed by atoms with van der Waals surface area (Å²) in [4.78, 5) is 35.8. The Hall–Kier alpha value is -3.26. The maximum absolute atomic E-state index is 12.4. The highest BCUT2D eigenvalue weighted by Gasteiger charge is 2.13. The average molecular weight is 422 g/mol. The van der Waals surface area contributed by atoms with E-state index in [-0.39, 0.29) is 24.7 Å². The fourth-order valence-corrected chi connectivity index (χ4v) is 4.22. The van der Waals surface area contributed by atoms with Crippen molar-refractivity contribution in [2.45, 2.75) is 25.7 Å². The molecule has 4 rings (SSSR count). The van der Waals surface area contributed by atoms with Gasteiger partial charge in [-0.2, -0.15) is 0 Å². The molecule has 1 fully saturated rings. The second-order valence-corrected chi connectivity index (χ2v) is 8.30. The van der Waals surface area contributed by atoms with Crippen molar-refractivity contribution in [3.8, 4) is 0 Å². The van der Waals surface area contributed by atoms with Crippen LogP contribution in [0.15, 0.2) is 55.0 Å². The lowest BCUT2D eigenvalue weighted by atomic mass is 10.2. The zero-order valence-electron chi connectivity index (χ0n) is 16.5. The first-order chi connectivity index (χ1) is 14.7. The van der Waals surface area contributed by atoms with Gasteiger partial charge in [0.1, 0.15) is 0 Å². The molecule has 0 bridgehead atoms. The summed E-state index contributed by atoms with van der Waals surface area (Å²) in [6.07, 6.45) is 7.87. The van der Waals surface area contributed by atoms with Crippen LogP contribution in [0, 0.1) is 0 Å². The Morgan fingerprint density at radius 2 is 1.73 bits per heavy atom. The van der Waals surface area contributed by atoms with Crippen LogP contribution in [-0.2, 0) is 22.4 Å². The van der Waals surface area contributed by atoms with E-state index in [1.54, 1.807) is 24.7 Å². The molecule has 1 aliphatic rings. The van der Waals surface area contributed by atoms with Crippen LogP contribution in [0.4, 0.5) is 16.5 Å². The Balaban J connectivity index is 1.26. The number of carbonyl (C=O) groups excluding carboxylic acids is 2. The quantitative estimate of drug-likeness (QED) is 0.610. The van der Waals surface area contributed by atoms with Gasteiger partial charge in [-0.1, -0.05) is 6.07 Å². The Labute approximate surface area is 179 Å². The molecule has 154 valence electrons. The second kappa shape index (κ2) is 9.49. The van der Waals surface area contributed by atoms with Crippen LogP contribution in [0.5, 0.6) is 0 Å². The fourth-order valence-electron chi connectivity index (χ4n) is 3.39. The van der Waals surface area contributed by atoms with Crippen molar-refractivity contribution < 1.29 is 9.59 Å². The van der Waals surface area contributed by atoms with Crippen LogP contribution in [0.25, 0.3) is 0 Å². The Bertz CT molecular complexity index is 998. The van der Waals surface area contributed by atoms with Gasteiger partial charge in [-0.05, 0) is 48.7 Å². The van der Waals surface area contributed by atoms with Crippen LogP contribution in [0.1, 0.15) is 23.3 Å². The van der Waals surface area contributed by atoms with Crippen LogP contribution in [0.3, 0.4) is 0 Å². The van der Waals surface area contributed by atoms with E-state index in [2.05, 4.69) is 25.5 Å². The first kappa shape index (κ1) is 20.0. The number of nitrogens with one attached hydrogen (secondary N) is 2. The van der Waals surface area contributed by atoms with Gasteiger partial charge in [-0.3, -0.25) is 14.6 Å². The van der Waals surface area contributed by atoms with Crippen LogP contribution < -0.4 is 15.5 Å². The molecule has 1 aliphatic heterocycles. The molecule has 3 heterocycles. The smallest absolute Gasteiger partial charge is 0.230 e. The molecule has 8 heteroatoms. The molecule has 1 saturated heterocycles. The summed E-state index contributed by atoms with van der Waals surface area (Å²) in [7, 11) is 0. The van der Waals surface area contributed by atoms with E-state index in [0.29, 0.717) is 5.13 Å². The molecule has 0 saturated carbocycles. The highest BCUT2D eigenvalue weighted by molar-refractivity contribution is 7.15. The maximum Gasteiger partial charge on any atom is 0.230 e. The molecular formula is C22H23N5O2S. The lowest BCUT2D eigenvalue weighted by Gasteiger charge is -2.17. The molecule has 0 unspecified atom stereocenters. The SMILES string of the molecule is O=C(Cc1cnc(NC(=O)Cc2cccnc2)s1)Nc1ccc(N2CCCC2)cc1. The summed E-state index contributed by atoms with van der Waals surface area (Å²) in [5.74, 6) is -0.271. The summed E-state index contributed by atoms with van der Waals surface area (Å²) in [6, 6.07) is 11.6. The molecule has 2 aromatic heterocycles. The highest BCUT2D eigenvalue weighted by Crippen LogP contribution is 2.23. The zero-order valence-corrected chi connectivity index (χ0v) is 17.3. The first-order valence-electron chi connectivity index (χ1n) is 9.94.